The number of nitrogens with zero attached hydrogens (tertiary/aromatic N) is 3. The Hall–Kier alpha value is -1.11. The SMILES string of the molecule is CCc1ccc(CSc2nsnc2OC2CN3CCCC2C3)cc1. The van der Waals surface area contributed by atoms with Crippen LogP contribution in [0.2, 0.25) is 0 Å². The molecule has 4 nitrogen and oxygen atoms in total. The smallest absolute Gasteiger partial charge is 0.260 e. The van der Waals surface area contributed by atoms with E-state index in [4.69, 9.17) is 4.74 Å². The topological polar surface area (TPSA) is 38.3 Å². The Bertz CT molecular complexity index is 673. The summed E-state index contributed by atoms with van der Waals surface area (Å²) in [7, 11) is 0. The predicted octanol–water partition coefficient (Wildman–Crippen LogP) is 3.87. The third-order valence-electron chi connectivity index (χ3n) is 5.01. The third-order valence-corrected chi connectivity index (χ3v) is 6.65. The number of aryl methyl sites for hydroxylation is 1. The fraction of sp³-hybridized carbons (Fsp3) is 0.556. The number of rotatable bonds is 6. The summed E-state index contributed by atoms with van der Waals surface area (Å²) in [5.74, 6) is 2.32. The van der Waals surface area contributed by atoms with Crippen LogP contribution < -0.4 is 4.74 Å². The van der Waals surface area contributed by atoms with E-state index in [1.54, 1.807) is 11.8 Å². The molecule has 0 spiro atoms. The van der Waals surface area contributed by atoms with Gasteiger partial charge in [-0.15, -0.1) is 4.37 Å². The molecule has 2 aliphatic rings. The second-order valence-corrected chi connectivity index (χ2v) is 8.14. The van der Waals surface area contributed by atoms with Crippen molar-refractivity contribution in [3.8, 4) is 5.88 Å². The van der Waals surface area contributed by atoms with Crippen LogP contribution in [0.1, 0.15) is 30.9 Å². The minimum Gasteiger partial charge on any atom is -0.470 e. The fourth-order valence-electron chi connectivity index (χ4n) is 3.60. The lowest BCUT2D eigenvalue weighted by Gasteiger charge is -2.21. The highest BCUT2D eigenvalue weighted by Crippen LogP contribution is 2.34. The second-order valence-electron chi connectivity index (χ2n) is 6.65. The molecule has 0 radical (unpaired) electrons. The molecule has 2 aliphatic heterocycles. The molecule has 2 saturated heterocycles. The van der Waals surface area contributed by atoms with Gasteiger partial charge in [-0.3, -0.25) is 4.90 Å². The van der Waals surface area contributed by atoms with Crippen LogP contribution in [-0.4, -0.2) is 39.4 Å². The Morgan fingerprint density at radius 3 is 2.83 bits per heavy atom. The van der Waals surface area contributed by atoms with Gasteiger partial charge in [0.1, 0.15) is 6.10 Å². The summed E-state index contributed by atoms with van der Waals surface area (Å²) in [5, 5.41) is 0.941. The molecule has 3 unspecified atom stereocenters. The van der Waals surface area contributed by atoms with Crippen LogP contribution in [0.3, 0.4) is 0 Å². The highest BCUT2D eigenvalue weighted by molar-refractivity contribution is 7.98. The Morgan fingerprint density at radius 1 is 1.21 bits per heavy atom. The lowest BCUT2D eigenvalue weighted by molar-refractivity contribution is 0.160. The standard InChI is InChI=1S/C18H23N3OS2/c1-2-13-5-7-14(8-6-13)12-23-18-17(19-24-20-18)22-16-11-21-9-3-4-15(16)10-21/h5-8,15-16H,2-4,9-12H2,1H3. The van der Waals surface area contributed by atoms with E-state index in [1.165, 1.54) is 48.8 Å². The van der Waals surface area contributed by atoms with Crippen molar-refractivity contribution in [1.29, 1.82) is 0 Å². The number of fused-ring (bicyclic) bond motifs is 2. The average molecular weight is 362 g/mol. The van der Waals surface area contributed by atoms with E-state index in [-0.39, 0.29) is 0 Å². The quantitative estimate of drug-likeness (QED) is 0.730. The van der Waals surface area contributed by atoms with E-state index in [0.29, 0.717) is 12.0 Å². The van der Waals surface area contributed by atoms with Crippen LogP contribution in [0.15, 0.2) is 29.3 Å². The van der Waals surface area contributed by atoms with Crippen molar-refractivity contribution < 1.29 is 4.74 Å². The minimum absolute atomic E-state index is 0.291. The van der Waals surface area contributed by atoms with Gasteiger partial charge in [-0.1, -0.05) is 43.0 Å². The average Bonchev–Trinajstić information content (AvgIpc) is 3.17. The van der Waals surface area contributed by atoms with E-state index in [2.05, 4.69) is 44.8 Å². The molecule has 0 aliphatic carbocycles. The van der Waals surface area contributed by atoms with Crippen molar-refractivity contribution in [2.45, 2.75) is 43.1 Å². The summed E-state index contributed by atoms with van der Waals surface area (Å²) in [6.45, 7) is 5.64. The molecule has 2 aromatic rings. The number of aromatic nitrogens is 2. The molecule has 24 heavy (non-hydrogen) atoms. The zero-order valence-corrected chi connectivity index (χ0v) is 15.6. The van der Waals surface area contributed by atoms with Gasteiger partial charge in [-0.05, 0) is 36.9 Å². The Balaban J connectivity index is 1.37. The maximum atomic E-state index is 6.26. The fourth-order valence-corrected chi connectivity index (χ4v) is 5.07. The van der Waals surface area contributed by atoms with Gasteiger partial charge in [0.15, 0.2) is 5.03 Å². The van der Waals surface area contributed by atoms with Crippen molar-refractivity contribution >= 4 is 23.5 Å². The van der Waals surface area contributed by atoms with Gasteiger partial charge >= 0.3 is 0 Å². The highest BCUT2D eigenvalue weighted by atomic mass is 32.2. The molecule has 128 valence electrons. The minimum atomic E-state index is 0.291. The molecule has 3 heterocycles. The zero-order valence-electron chi connectivity index (χ0n) is 14.0. The second kappa shape index (κ2) is 7.42. The zero-order chi connectivity index (χ0) is 16.4. The first-order chi connectivity index (χ1) is 11.8. The lowest BCUT2D eigenvalue weighted by Crippen LogP contribution is -2.26. The van der Waals surface area contributed by atoms with Crippen molar-refractivity contribution in [2.24, 2.45) is 5.92 Å². The largest absolute Gasteiger partial charge is 0.470 e. The summed E-state index contributed by atoms with van der Waals surface area (Å²) >= 11 is 2.98. The first kappa shape index (κ1) is 16.4. The molecule has 0 amide bonds. The van der Waals surface area contributed by atoms with Crippen LogP contribution in [-0.2, 0) is 12.2 Å². The molecule has 0 saturated carbocycles. The molecule has 2 bridgehead atoms. The van der Waals surface area contributed by atoms with Gasteiger partial charge in [-0.25, -0.2) is 0 Å². The van der Waals surface area contributed by atoms with Crippen molar-refractivity contribution in [1.82, 2.24) is 13.6 Å². The number of hydrogen-bond donors (Lipinski definition) is 0. The molecular formula is C18H23N3OS2. The van der Waals surface area contributed by atoms with Crippen LogP contribution >= 0.6 is 23.5 Å². The van der Waals surface area contributed by atoms with Crippen LogP contribution in [0.5, 0.6) is 5.88 Å². The number of ether oxygens (including phenoxy) is 1. The van der Waals surface area contributed by atoms with Crippen molar-refractivity contribution in [3.63, 3.8) is 0 Å². The summed E-state index contributed by atoms with van der Waals surface area (Å²) < 4.78 is 15.1. The van der Waals surface area contributed by atoms with E-state index < -0.39 is 0 Å². The van der Waals surface area contributed by atoms with Gasteiger partial charge in [0.2, 0.25) is 0 Å². The van der Waals surface area contributed by atoms with Crippen molar-refractivity contribution in [2.75, 3.05) is 19.6 Å². The summed E-state index contributed by atoms with van der Waals surface area (Å²) in [5.41, 5.74) is 2.70. The normalized spacial score (nSPS) is 25.8. The van der Waals surface area contributed by atoms with Crippen molar-refractivity contribution in [3.05, 3.63) is 35.4 Å². The Morgan fingerprint density at radius 2 is 2.04 bits per heavy atom. The van der Waals surface area contributed by atoms with E-state index >= 15 is 0 Å². The Labute approximate surface area is 151 Å². The molecule has 3 atom stereocenters. The number of benzene rings is 1. The number of hydrogen-bond acceptors (Lipinski definition) is 6. The lowest BCUT2D eigenvalue weighted by atomic mass is 9.99. The van der Waals surface area contributed by atoms with Crippen LogP contribution in [0.25, 0.3) is 0 Å². The third kappa shape index (κ3) is 3.60. The first-order valence-corrected chi connectivity index (χ1v) is 10.5. The van der Waals surface area contributed by atoms with Gasteiger partial charge in [0.25, 0.3) is 5.88 Å². The Kier molecular flexibility index (Phi) is 5.06. The molecule has 1 aromatic carbocycles. The summed E-state index contributed by atoms with van der Waals surface area (Å²) in [6.07, 6.45) is 3.96. The monoisotopic (exact) mass is 361 g/mol. The maximum absolute atomic E-state index is 6.26. The molecule has 0 N–H and O–H groups in total. The van der Waals surface area contributed by atoms with Gasteiger partial charge < -0.3 is 4.74 Å². The summed E-state index contributed by atoms with van der Waals surface area (Å²) in [6, 6.07) is 8.83. The van der Waals surface area contributed by atoms with Gasteiger partial charge in [-0.2, -0.15) is 4.37 Å². The number of thioether (sulfide) groups is 1. The van der Waals surface area contributed by atoms with Gasteiger partial charge in [0.05, 0.1) is 11.7 Å². The van der Waals surface area contributed by atoms with E-state index in [0.717, 1.165) is 29.6 Å². The first-order valence-electron chi connectivity index (χ1n) is 8.74. The van der Waals surface area contributed by atoms with Crippen LogP contribution in [0, 0.1) is 5.92 Å². The molecule has 6 heteroatoms. The molecule has 1 aromatic heterocycles. The summed E-state index contributed by atoms with van der Waals surface area (Å²) in [4.78, 5) is 2.51. The molecular weight excluding hydrogens is 338 g/mol. The molecule has 2 fully saturated rings. The van der Waals surface area contributed by atoms with E-state index in [9.17, 15) is 0 Å². The van der Waals surface area contributed by atoms with Crippen LogP contribution in [0.4, 0.5) is 0 Å². The van der Waals surface area contributed by atoms with Gasteiger partial charge in [0, 0.05) is 24.8 Å². The van der Waals surface area contributed by atoms with E-state index in [1.807, 2.05) is 0 Å². The molecule has 4 rings (SSSR count). The number of piperidine rings is 1. The maximum Gasteiger partial charge on any atom is 0.260 e. The highest BCUT2D eigenvalue weighted by Gasteiger charge is 2.37. The predicted molar refractivity (Wildman–Crippen MR) is 98.9 cm³/mol.